The maximum absolute atomic E-state index is 10.6. The van der Waals surface area contributed by atoms with E-state index in [1.165, 1.54) is 0 Å². The highest BCUT2D eigenvalue weighted by Crippen LogP contribution is 2.09. The first-order valence-corrected chi connectivity index (χ1v) is 9.17. The molecular formula is C14H24O10S3. The molecule has 0 saturated carbocycles. The van der Waals surface area contributed by atoms with Crippen LogP contribution < -0.4 is 0 Å². The minimum absolute atomic E-state index is 0. The summed E-state index contributed by atoms with van der Waals surface area (Å²) in [4.78, 5) is 41.2. The van der Waals surface area contributed by atoms with Crippen molar-refractivity contribution < 1.29 is 49.1 Å². The fourth-order valence-corrected chi connectivity index (χ4v) is 1.78. The summed E-state index contributed by atoms with van der Waals surface area (Å²) in [5.41, 5.74) is 0. The van der Waals surface area contributed by atoms with Crippen molar-refractivity contribution in [3.63, 3.8) is 0 Å². The number of thioether (sulfide) groups is 1. The second-order valence-electron chi connectivity index (χ2n) is 4.39. The number of ether oxygens (including phenoxy) is 2. The summed E-state index contributed by atoms with van der Waals surface area (Å²) in [5, 5.41) is 33.7. The number of carboxylic acids is 4. The highest BCUT2D eigenvalue weighted by Gasteiger charge is 2.21. The largest absolute Gasteiger partial charge is 0.481 e. The van der Waals surface area contributed by atoms with Gasteiger partial charge in [0.05, 0.1) is 5.94 Å². The third-order valence-corrected chi connectivity index (χ3v) is 3.65. The molecule has 4 N–H and O–H groups in total. The van der Waals surface area contributed by atoms with E-state index in [0.717, 1.165) is 11.8 Å². The van der Waals surface area contributed by atoms with Crippen molar-refractivity contribution in [1.82, 2.24) is 0 Å². The molecule has 0 radical (unpaired) electrons. The first-order valence-electron chi connectivity index (χ1n) is 6.91. The van der Waals surface area contributed by atoms with E-state index in [1.54, 1.807) is 6.26 Å². The van der Waals surface area contributed by atoms with Crippen LogP contribution >= 0.6 is 36.6 Å². The summed E-state index contributed by atoms with van der Waals surface area (Å²) >= 11 is 9.43. The van der Waals surface area contributed by atoms with Gasteiger partial charge in [0.1, 0.15) is 0 Å². The number of hydrogen-bond acceptors (Lipinski definition) is 9. The SMILES string of the molecule is C.CSC(=S)OC(CCC(=O)O)C(=O)O.O=C(O)CCC(OCS)C(=O)O. The predicted octanol–water partition coefficient (Wildman–Crippen LogP) is 1.81. The van der Waals surface area contributed by atoms with Crippen molar-refractivity contribution in [2.24, 2.45) is 0 Å². The molecule has 0 spiro atoms. The average molecular weight is 449 g/mol. The maximum atomic E-state index is 10.6. The molecule has 10 nitrogen and oxygen atoms in total. The lowest BCUT2D eigenvalue weighted by Gasteiger charge is -2.12. The van der Waals surface area contributed by atoms with Crippen LogP contribution in [0.4, 0.5) is 0 Å². The monoisotopic (exact) mass is 448 g/mol. The summed E-state index contributed by atoms with van der Waals surface area (Å²) < 4.78 is 9.60. The molecule has 158 valence electrons. The van der Waals surface area contributed by atoms with Crippen LogP contribution in [0.2, 0.25) is 0 Å². The number of thiocarbonyl (C=S) groups is 1. The minimum Gasteiger partial charge on any atom is -0.481 e. The summed E-state index contributed by atoms with van der Waals surface area (Å²) in [6.45, 7) is 0. The van der Waals surface area contributed by atoms with E-state index in [1.807, 2.05) is 0 Å². The zero-order chi connectivity index (χ0) is 20.7. The molecule has 0 aromatic rings. The number of thiol groups is 1. The van der Waals surface area contributed by atoms with Gasteiger partial charge in [-0.3, -0.25) is 9.59 Å². The van der Waals surface area contributed by atoms with Crippen molar-refractivity contribution in [2.75, 3.05) is 12.2 Å². The van der Waals surface area contributed by atoms with Gasteiger partial charge in [0.25, 0.3) is 0 Å². The molecule has 0 amide bonds. The van der Waals surface area contributed by atoms with Crippen molar-refractivity contribution in [3.05, 3.63) is 0 Å². The molecule has 0 rings (SSSR count). The molecule has 0 heterocycles. The third-order valence-electron chi connectivity index (χ3n) is 2.47. The van der Waals surface area contributed by atoms with Gasteiger partial charge in [-0.2, -0.15) is 12.6 Å². The highest BCUT2D eigenvalue weighted by molar-refractivity contribution is 8.22. The van der Waals surface area contributed by atoms with Gasteiger partial charge in [0.15, 0.2) is 12.2 Å². The van der Waals surface area contributed by atoms with Crippen molar-refractivity contribution >= 4 is 64.9 Å². The fraction of sp³-hybridized carbons (Fsp3) is 0.643. The molecule has 2 unspecified atom stereocenters. The van der Waals surface area contributed by atoms with E-state index in [-0.39, 0.29) is 43.4 Å². The third kappa shape index (κ3) is 19.0. The number of carbonyl (C=O) groups is 4. The number of hydrogen-bond donors (Lipinski definition) is 5. The van der Waals surface area contributed by atoms with Gasteiger partial charge >= 0.3 is 23.9 Å². The van der Waals surface area contributed by atoms with Crippen LogP contribution in [0.1, 0.15) is 33.1 Å². The quantitative estimate of drug-likeness (QED) is 0.177. The van der Waals surface area contributed by atoms with Gasteiger partial charge < -0.3 is 29.9 Å². The Balaban J connectivity index is -0.000000416. The van der Waals surface area contributed by atoms with Crippen LogP contribution in [0.3, 0.4) is 0 Å². The Kier molecular flexibility index (Phi) is 19.9. The molecule has 13 heteroatoms. The lowest BCUT2D eigenvalue weighted by molar-refractivity contribution is -0.150. The van der Waals surface area contributed by atoms with Crippen LogP contribution in [-0.4, -0.2) is 73.1 Å². The van der Waals surface area contributed by atoms with E-state index in [4.69, 9.17) is 25.2 Å². The van der Waals surface area contributed by atoms with E-state index in [2.05, 4.69) is 29.6 Å². The summed E-state index contributed by atoms with van der Waals surface area (Å²) in [7, 11) is 0. The second-order valence-corrected chi connectivity index (χ2v) is 6.05. The number of aliphatic carboxylic acids is 4. The maximum Gasteiger partial charge on any atom is 0.344 e. The van der Waals surface area contributed by atoms with Gasteiger partial charge in [-0.05, 0) is 24.9 Å². The molecule has 0 bridgehead atoms. The summed E-state index contributed by atoms with van der Waals surface area (Å²) in [5.74, 6) is -4.50. The van der Waals surface area contributed by atoms with Gasteiger partial charge in [0, 0.05) is 19.3 Å². The second kappa shape index (κ2) is 17.8. The molecule has 2 atom stereocenters. The van der Waals surface area contributed by atoms with Crippen molar-refractivity contribution in [1.29, 1.82) is 0 Å². The molecule has 0 aromatic heterocycles. The normalized spacial score (nSPS) is 11.6. The average Bonchev–Trinajstić information content (AvgIpc) is 2.54. The van der Waals surface area contributed by atoms with E-state index in [9.17, 15) is 19.2 Å². The Bertz CT molecular complexity index is 498. The van der Waals surface area contributed by atoms with Gasteiger partial charge in [-0.1, -0.05) is 19.2 Å². The highest BCUT2D eigenvalue weighted by atomic mass is 32.2. The molecule has 0 fully saturated rings. The van der Waals surface area contributed by atoms with Crippen molar-refractivity contribution in [2.45, 2.75) is 45.3 Å². The van der Waals surface area contributed by atoms with Crippen LogP contribution in [-0.2, 0) is 28.7 Å². The van der Waals surface area contributed by atoms with E-state index in [0.29, 0.717) is 0 Å². The Hall–Kier alpha value is -1.57. The van der Waals surface area contributed by atoms with Crippen LogP contribution in [0, 0.1) is 0 Å². The molecular weight excluding hydrogens is 424 g/mol. The Morgan fingerprint density at radius 1 is 0.963 bits per heavy atom. The van der Waals surface area contributed by atoms with Gasteiger partial charge in [-0.25, -0.2) is 9.59 Å². The Morgan fingerprint density at radius 3 is 1.67 bits per heavy atom. The first-order chi connectivity index (χ1) is 12.0. The Labute approximate surface area is 171 Å². The van der Waals surface area contributed by atoms with Crippen molar-refractivity contribution in [3.8, 4) is 0 Å². The molecule has 27 heavy (non-hydrogen) atoms. The smallest absolute Gasteiger partial charge is 0.344 e. The fourth-order valence-electron chi connectivity index (χ4n) is 1.27. The standard InChI is InChI=1S/C7H10O5S2.C6H10O5S.CH4/c1-14-7(13)12-4(6(10)11)2-3-5(8)9;7-5(8)2-1-4(6(9)10)11-3-12;/h4H,2-3H2,1H3,(H,8,9)(H,10,11);4,12H,1-3H2,(H,7,8)(H,9,10);1H4. The topological polar surface area (TPSA) is 168 Å². The summed E-state index contributed by atoms with van der Waals surface area (Å²) in [6, 6.07) is 0. The molecule has 0 aliphatic rings. The Morgan fingerprint density at radius 2 is 1.37 bits per heavy atom. The zero-order valence-corrected chi connectivity index (χ0v) is 16.2. The lowest BCUT2D eigenvalue weighted by Crippen LogP contribution is -2.26. The van der Waals surface area contributed by atoms with Gasteiger partial charge in [0.2, 0.25) is 4.38 Å². The first kappa shape index (κ1) is 30.2. The minimum atomic E-state index is -1.21. The number of carboxylic acid groups (broad SMARTS) is 4. The van der Waals surface area contributed by atoms with Crippen LogP contribution in [0.5, 0.6) is 0 Å². The van der Waals surface area contributed by atoms with Crippen LogP contribution in [0.25, 0.3) is 0 Å². The predicted molar refractivity (Wildman–Crippen MR) is 105 cm³/mol. The molecule has 0 aliphatic heterocycles. The number of rotatable bonds is 11. The van der Waals surface area contributed by atoms with Crippen LogP contribution in [0.15, 0.2) is 0 Å². The molecule has 0 aromatic carbocycles. The lowest BCUT2D eigenvalue weighted by atomic mass is 10.2. The molecule has 0 aliphatic carbocycles. The zero-order valence-electron chi connectivity index (χ0n) is 13.7. The van der Waals surface area contributed by atoms with Gasteiger partial charge in [-0.15, -0.1) is 0 Å². The summed E-state index contributed by atoms with van der Waals surface area (Å²) in [6.07, 6.45) is -1.20. The molecule has 0 saturated heterocycles. The van der Waals surface area contributed by atoms with E-state index < -0.39 is 36.1 Å². The van der Waals surface area contributed by atoms with E-state index >= 15 is 0 Å².